The highest BCUT2D eigenvalue weighted by molar-refractivity contribution is 6.06. The summed E-state index contributed by atoms with van der Waals surface area (Å²) in [5.74, 6) is -0.200. The van der Waals surface area contributed by atoms with Crippen molar-refractivity contribution >= 4 is 28.8 Å². The largest absolute Gasteiger partial charge is 0.357 e. The number of carbonyl (C=O) groups is 2. The Kier molecular flexibility index (Phi) is 5.13. The first-order valence-corrected chi connectivity index (χ1v) is 10.4. The third-order valence-corrected chi connectivity index (χ3v) is 5.87. The van der Waals surface area contributed by atoms with Crippen molar-refractivity contribution in [2.45, 2.75) is 46.1 Å². The number of nitro benzene ring substituents is 1. The molecule has 1 amide bonds. The standard InChI is InChI=1S/C24H25N3O4/c1-4-21(29)26-19-11-6-5-10-17(19)25-18-13-24(2,3)14-20(28)22(18)23(26)15-8-7-9-16(12-15)27(30)31/h5-12,23,25H,4,13-14H2,1-3H3/t23-/m0/s1. The van der Waals surface area contributed by atoms with Crippen LogP contribution in [0, 0.1) is 15.5 Å². The molecule has 0 fully saturated rings. The zero-order valence-corrected chi connectivity index (χ0v) is 17.8. The van der Waals surface area contributed by atoms with Crippen molar-refractivity contribution in [1.82, 2.24) is 0 Å². The van der Waals surface area contributed by atoms with Gasteiger partial charge < -0.3 is 5.32 Å². The maximum Gasteiger partial charge on any atom is 0.269 e. The molecular weight excluding hydrogens is 394 g/mol. The van der Waals surface area contributed by atoms with Crippen molar-refractivity contribution in [1.29, 1.82) is 0 Å². The molecule has 0 unspecified atom stereocenters. The van der Waals surface area contributed by atoms with Gasteiger partial charge in [-0.15, -0.1) is 0 Å². The zero-order valence-electron chi connectivity index (χ0n) is 17.8. The van der Waals surface area contributed by atoms with Crippen LogP contribution in [-0.2, 0) is 9.59 Å². The number of hydrogen-bond donors (Lipinski definition) is 1. The number of Topliss-reactive ketones (excluding diaryl/α,β-unsaturated/α-hetero) is 1. The summed E-state index contributed by atoms with van der Waals surface area (Å²) in [5.41, 5.74) is 2.94. The lowest BCUT2D eigenvalue weighted by Crippen LogP contribution is -2.39. The number of allylic oxidation sites excluding steroid dienone is 1. The van der Waals surface area contributed by atoms with Crippen LogP contribution in [0.15, 0.2) is 59.8 Å². The molecule has 0 radical (unpaired) electrons. The van der Waals surface area contributed by atoms with E-state index in [4.69, 9.17) is 0 Å². The van der Waals surface area contributed by atoms with Crippen LogP contribution in [0.2, 0.25) is 0 Å². The predicted molar refractivity (Wildman–Crippen MR) is 119 cm³/mol. The lowest BCUT2D eigenvalue weighted by molar-refractivity contribution is -0.384. The van der Waals surface area contributed by atoms with E-state index in [0.717, 1.165) is 11.4 Å². The molecule has 2 aromatic carbocycles. The third-order valence-electron chi connectivity index (χ3n) is 5.87. The number of amides is 1. The number of ketones is 1. The number of nitrogens with zero attached hydrogens (tertiary/aromatic N) is 2. The molecule has 160 valence electrons. The molecular formula is C24H25N3O4. The molecule has 1 aliphatic carbocycles. The fourth-order valence-corrected chi connectivity index (χ4v) is 4.56. The summed E-state index contributed by atoms with van der Waals surface area (Å²) in [5, 5.41) is 14.9. The van der Waals surface area contributed by atoms with E-state index >= 15 is 0 Å². The van der Waals surface area contributed by atoms with Crippen LogP contribution >= 0.6 is 0 Å². The minimum Gasteiger partial charge on any atom is -0.357 e. The average molecular weight is 419 g/mol. The number of nitro groups is 1. The normalized spacial score (nSPS) is 19.8. The molecule has 7 heteroatoms. The molecule has 0 bridgehead atoms. The smallest absolute Gasteiger partial charge is 0.269 e. The van der Waals surface area contributed by atoms with E-state index in [2.05, 4.69) is 5.32 Å². The van der Waals surface area contributed by atoms with E-state index in [9.17, 15) is 19.7 Å². The molecule has 1 atom stereocenters. The van der Waals surface area contributed by atoms with E-state index in [1.807, 2.05) is 38.1 Å². The summed E-state index contributed by atoms with van der Waals surface area (Å²) in [6.45, 7) is 5.86. The maximum atomic E-state index is 13.4. The molecule has 2 aliphatic rings. The van der Waals surface area contributed by atoms with Crippen molar-refractivity contribution in [3.05, 3.63) is 75.5 Å². The van der Waals surface area contributed by atoms with Gasteiger partial charge in [0.15, 0.2) is 5.78 Å². The van der Waals surface area contributed by atoms with Crippen LogP contribution in [0.25, 0.3) is 0 Å². The van der Waals surface area contributed by atoms with Gasteiger partial charge in [0, 0.05) is 36.2 Å². The van der Waals surface area contributed by atoms with Crippen LogP contribution < -0.4 is 10.2 Å². The second-order valence-electron chi connectivity index (χ2n) is 8.85. The van der Waals surface area contributed by atoms with Crippen molar-refractivity contribution in [3.63, 3.8) is 0 Å². The fraction of sp³-hybridized carbons (Fsp3) is 0.333. The summed E-state index contributed by atoms with van der Waals surface area (Å²) in [4.78, 5) is 39.3. The molecule has 7 nitrogen and oxygen atoms in total. The quantitative estimate of drug-likeness (QED) is 0.549. The summed E-state index contributed by atoms with van der Waals surface area (Å²) >= 11 is 0. The van der Waals surface area contributed by atoms with Gasteiger partial charge >= 0.3 is 0 Å². The van der Waals surface area contributed by atoms with Gasteiger partial charge in [0.25, 0.3) is 5.69 Å². The highest BCUT2D eigenvalue weighted by Crippen LogP contribution is 2.48. The summed E-state index contributed by atoms with van der Waals surface area (Å²) in [7, 11) is 0. The molecule has 2 aromatic rings. The predicted octanol–water partition coefficient (Wildman–Crippen LogP) is 5.15. The Balaban J connectivity index is 2.02. The Labute approximate surface area is 180 Å². The van der Waals surface area contributed by atoms with Crippen LogP contribution in [0.3, 0.4) is 0 Å². The molecule has 0 saturated heterocycles. The zero-order chi connectivity index (χ0) is 22.3. The summed E-state index contributed by atoms with van der Waals surface area (Å²) in [6.07, 6.45) is 1.23. The van der Waals surface area contributed by atoms with Crippen molar-refractivity contribution < 1.29 is 14.5 Å². The van der Waals surface area contributed by atoms with Crippen molar-refractivity contribution in [2.75, 3.05) is 10.2 Å². The minimum atomic E-state index is -0.734. The number of carbonyl (C=O) groups excluding carboxylic acids is 2. The second kappa shape index (κ2) is 7.65. The van der Waals surface area contributed by atoms with Gasteiger partial charge in [0.1, 0.15) is 0 Å². The first kappa shape index (κ1) is 20.8. The molecule has 1 aliphatic heterocycles. The van der Waals surface area contributed by atoms with E-state index in [-0.39, 0.29) is 29.2 Å². The first-order valence-electron chi connectivity index (χ1n) is 10.4. The Morgan fingerprint density at radius 2 is 1.94 bits per heavy atom. The summed E-state index contributed by atoms with van der Waals surface area (Å²) in [6, 6.07) is 12.9. The highest BCUT2D eigenvalue weighted by Gasteiger charge is 2.43. The lowest BCUT2D eigenvalue weighted by Gasteiger charge is -2.37. The fourth-order valence-electron chi connectivity index (χ4n) is 4.56. The number of rotatable bonds is 3. The van der Waals surface area contributed by atoms with E-state index in [1.54, 1.807) is 24.0 Å². The van der Waals surface area contributed by atoms with Crippen LogP contribution in [0.4, 0.5) is 17.1 Å². The number of anilines is 2. The summed E-state index contributed by atoms with van der Waals surface area (Å²) < 4.78 is 0. The molecule has 1 heterocycles. The van der Waals surface area contributed by atoms with Gasteiger partial charge in [0.2, 0.25) is 5.91 Å². The Hall–Kier alpha value is -3.48. The lowest BCUT2D eigenvalue weighted by atomic mass is 9.73. The van der Waals surface area contributed by atoms with Gasteiger partial charge in [-0.05, 0) is 29.5 Å². The number of non-ortho nitro benzene ring substituents is 1. The molecule has 31 heavy (non-hydrogen) atoms. The third kappa shape index (κ3) is 3.71. The molecule has 0 aromatic heterocycles. The number of para-hydroxylation sites is 2. The van der Waals surface area contributed by atoms with Crippen molar-refractivity contribution in [2.24, 2.45) is 5.41 Å². The van der Waals surface area contributed by atoms with E-state index < -0.39 is 11.0 Å². The Morgan fingerprint density at radius 1 is 1.19 bits per heavy atom. The van der Waals surface area contributed by atoms with Gasteiger partial charge in [-0.2, -0.15) is 0 Å². The number of hydrogen-bond acceptors (Lipinski definition) is 5. The SMILES string of the molecule is CCC(=O)N1c2ccccc2NC2=C(C(=O)CC(C)(C)C2)[C@@H]1c1cccc([N+](=O)[O-])c1. The molecule has 4 rings (SSSR count). The van der Waals surface area contributed by atoms with Crippen LogP contribution in [0.1, 0.15) is 51.6 Å². The first-order chi connectivity index (χ1) is 14.7. The number of benzene rings is 2. The van der Waals surface area contributed by atoms with E-state index in [1.165, 1.54) is 12.1 Å². The molecule has 1 N–H and O–H groups in total. The maximum absolute atomic E-state index is 13.4. The molecule has 0 spiro atoms. The van der Waals surface area contributed by atoms with Crippen LogP contribution in [0.5, 0.6) is 0 Å². The van der Waals surface area contributed by atoms with Gasteiger partial charge in [-0.3, -0.25) is 24.6 Å². The minimum absolute atomic E-state index is 0.0445. The highest BCUT2D eigenvalue weighted by atomic mass is 16.6. The van der Waals surface area contributed by atoms with Crippen molar-refractivity contribution in [3.8, 4) is 0 Å². The van der Waals surface area contributed by atoms with Gasteiger partial charge in [-0.25, -0.2) is 0 Å². The Bertz CT molecular complexity index is 1120. The monoisotopic (exact) mass is 419 g/mol. The van der Waals surface area contributed by atoms with Gasteiger partial charge in [0.05, 0.1) is 22.3 Å². The van der Waals surface area contributed by atoms with E-state index in [0.29, 0.717) is 29.7 Å². The number of fused-ring (bicyclic) bond motifs is 1. The Morgan fingerprint density at radius 3 is 2.65 bits per heavy atom. The van der Waals surface area contributed by atoms with Gasteiger partial charge in [-0.1, -0.05) is 45.0 Å². The second-order valence-corrected chi connectivity index (χ2v) is 8.85. The molecule has 0 saturated carbocycles. The topological polar surface area (TPSA) is 92.6 Å². The number of nitrogens with one attached hydrogen (secondary N) is 1. The van der Waals surface area contributed by atoms with Crippen LogP contribution in [-0.4, -0.2) is 16.6 Å². The average Bonchev–Trinajstić information content (AvgIpc) is 2.86.